The number of benzene rings is 1. The van der Waals surface area contributed by atoms with Gasteiger partial charge in [0, 0.05) is 20.1 Å². The fourth-order valence-electron chi connectivity index (χ4n) is 3.81. The molecule has 0 bridgehead atoms. The van der Waals surface area contributed by atoms with Crippen molar-refractivity contribution in [3.05, 3.63) is 48.4 Å². The summed E-state index contributed by atoms with van der Waals surface area (Å²) >= 11 is 1.50. The second-order valence-corrected chi connectivity index (χ2v) is 8.73. The highest BCUT2D eigenvalue weighted by atomic mass is 32.2. The van der Waals surface area contributed by atoms with Crippen LogP contribution in [-0.4, -0.2) is 48.9 Å². The molecule has 0 radical (unpaired) electrons. The van der Waals surface area contributed by atoms with Gasteiger partial charge in [0.1, 0.15) is 11.4 Å². The molecule has 1 unspecified atom stereocenters. The molecule has 0 aliphatic carbocycles. The average Bonchev–Trinajstić information content (AvgIpc) is 3.11. The molecule has 1 aliphatic heterocycles. The number of rotatable bonds is 5. The van der Waals surface area contributed by atoms with Crippen LogP contribution in [0.1, 0.15) is 25.3 Å². The predicted octanol–water partition coefficient (Wildman–Crippen LogP) is 3.33. The van der Waals surface area contributed by atoms with Gasteiger partial charge >= 0.3 is 0 Å². The zero-order valence-electron chi connectivity index (χ0n) is 16.3. The van der Waals surface area contributed by atoms with Gasteiger partial charge in [-0.2, -0.15) is 5.10 Å². The Morgan fingerprint density at radius 3 is 2.71 bits per heavy atom. The topological polar surface area (TPSA) is 63.9 Å². The van der Waals surface area contributed by atoms with Gasteiger partial charge in [0.15, 0.2) is 5.65 Å². The lowest BCUT2D eigenvalue weighted by Crippen LogP contribution is -2.42. The van der Waals surface area contributed by atoms with Crippen LogP contribution < -0.4 is 0 Å². The van der Waals surface area contributed by atoms with E-state index in [4.69, 9.17) is 0 Å². The van der Waals surface area contributed by atoms with Crippen molar-refractivity contribution < 1.29 is 4.79 Å². The predicted molar refractivity (Wildman–Crippen MR) is 111 cm³/mol. The van der Waals surface area contributed by atoms with E-state index < -0.39 is 0 Å². The van der Waals surface area contributed by atoms with Crippen molar-refractivity contribution in [2.24, 2.45) is 13.0 Å². The normalized spacial score (nSPS) is 16.4. The molecule has 7 heteroatoms. The standard InChI is InChI=1S/C21H25N5OS/c1-15(28-20-18-13-24-25(2)19(18)22-14-23-20)21(27)26-10-8-17(9-11-26)12-16-6-4-3-5-7-16/h3-7,13-15,17H,8-12H2,1-2H3. The van der Waals surface area contributed by atoms with Gasteiger partial charge in [-0.3, -0.25) is 9.48 Å². The summed E-state index contributed by atoms with van der Waals surface area (Å²) in [5, 5.41) is 5.79. The van der Waals surface area contributed by atoms with Gasteiger partial charge < -0.3 is 4.90 Å². The number of hydrogen-bond donors (Lipinski definition) is 0. The summed E-state index contributed by atoms with van der Waals surface area (Å²) in [6.07, 6.45) is 6.55. The van der Waals surface area contributed by atoms with Crippen molar-refractivity contribution >= 4 is 28.7 Å². The van der Waals surface area contributed by atoms with Crippen molar-refractivity contribution in [1.82, 2.24) is 24.6 Å². The number of piperidine rings is 1. The van der Waals surface area contributed by atoms with Crippen LogP contribution in [0.4, 0.5) is 0 Å². The average molecular weight is 396 g/mol. The molecule has 2 aromatic heterocycles. The maximum Gasteiger partial charge on any atom is 0.235 e. The van der Waals surface area contributed by atoms with Crippen LogP contribution in [0.25, 0.3) is 11.0 Å². The van der Waals surface area contributed by atoms with E-state index in [9.17, 15) is 4.79 Å². The molecule has 3 heterocycles. The van der Waals surface area contributed by atoms with Crippen LogP contribution in [0.15, 0.2) is 47.9 Å². The van der Waals surface area contributed by atoms with Crippen LogP contribution in [0, 0.1) is 5.92 Å². The van der Waals surface area contributed by atoms with Crippen molar-refractivity contribution in [3.63, 3.8) is 0 Å². The lowest BCUT2D eigenvalue weighted by molar-refractivity contribution is -0.131. The first kappa shape index (κ1) is 18.9. The van der Waals surface area contributed by atoms with E-state index in [2.05, 4.69) is 45.4 Å². The minimum Gasteiger partial charge on any atom is -0.342 e. The highest BCUT2D eigenvalue weighted by Gasteiger charge is 2.27. The van der Waals surface area contributed by atoms with E-state index in [0.717, 1.165) is 48.4 Å². The molecule has 1 aromatic carbocycles. The number of carbonyl (C=O) groups excluding carboxylic acids is 1. The van der Waals surface area contributed by atoms with Crippen molar-refractivity contribution in [2.45, 2.75) is 36.5 Å². The van der Waals surface area contributed by atoms with E-state index in [1.54, 1.807) is 17.2 Å². The molecule has 0 spiro atoms. The molecular formula is C21H25N5OS. The summed E-state index contributed by atoms with van der Waals surface area (Å²) in [5.41, 5.74) is 2.18. The fourth-order valence-corrected chi connectivity index (χ4v) is 4.78. The fraction of sp³-hybridized carbons (Fsp3) is 0.429. The Hall–Kier alpha value is -2.41. The zero-order chi connectivity index (χ0) is 19.5. The molecule has 28 heavy (non-hydrogen) atoms. The van der Waals surface area contributed by atoms with Crippen LogP contribution in [0.2, 0.25) is 0 Å². The first-order chi connectivity index (χ1) is 13.6. The maximum absolute atomic E-state index is 12.9. The number of amides is 1. The van der Waals surface area contributed by atoms with Crippen molar-refractivity contribution in [1.29, 1.82) is 0 Å². The molecule has 1 aliphatic rings. The number of fused-ring (bicyclic) bond motifs is 1. The number of carbonyl (C=O) groups is 1. The number of nitrogens with zero attached hydrogens (tertiary/aromatic N) is 5. The Morgan fingerprint density at radius 1 is 1.21 bits per heavy atom. The van der Waals surface area contributed by atoms with E-state index in [0.29, 0.717) is 5.92 Å². The van der Waals surface area contributed by atoms with Gasteiger partial charge in [-0.25, -0.2) is 9.97 Å². The summed E-state index contributed by atoms with van der Waals surface area (Å²) < 4.78 is 1.73. The molecule has 1 fully saturated rings. The molecule has 1 amide bonds. The first-order valence-electron chi connectivity index (χ1n) is 9.74. The molecule has 0 saturated carbocycles. The minimum atomic E-state index is -0.177. The van der Waals surface area contributed by atoms with E-state index in [-0.39, 0.29) is 11.2 Å². The lowest BCUT2D eigenvalue weighted by atomic mass is 9.90. The Kier molecular flexibility index (Phi) is 5.62. The van der Waals surface area contributed by atoms with Crippen LogP contribution >= 0.6 is 11.8 Å². The molecule has 6 nitrogen and oxygen atoms in total. The van der Waals surface area contributed by atoms with Crippen LogP contribution in [0.3, 0.4) is 0 Å². The largest absolute Gasteiger partial charge is 0.342 e. The third-order valence-electron chi connectivity index (χ3n) is 5.42. The number of likely N-dealkylation sites (tertiary alicyclic amines) is 1. The summed E-state index contributed by atoms with van der Waals surface area (Å²) in [6, 6.07) is 10.6. The smallest absolute Gasteiger partial charge is 0.235 e. The summed E-state index contributed by atoms with van der Waals surface area (Å²) in [5.74, 6) is 0.852. The van der Waals surface area contributed by atoms with Gasteiger partial charge in [-0.05, 0) is 37.7 Å². The summed E-state index contributed by atoms with van der Waals surface area (Å²) in [4.78, 5) is 23.6. The van der Waals surface area contributed by atoms with Gasteiger partial charge in [0.25, 0.3) is 0 Å². The SMILES string of the molecule is CC(Sc1ncnc2c1cnn2C)C(=O)N1CCC(Cc2ccccc2)CC1. The number of aromatic nitrogens is 4. The summed E-state index contributed by atoms with van der Waals surface area (Å²) in [6.45, 7) is 3.65. The minimum absolute atomic E-state index is 0.177. The van der Waals surface area contributed by atoms with Gasteiger partial charge in [0.05, 0.1) is 16.8 Å². The Labute approximate surface area is 169 Å². The molecule has 1 atom stereocenters. The van der Waals surface area contributed by atoms with Crippen LogP contribution in [-0.2, 0) is 18.3 Å². The second kappa shape index (κ2) is 8.31. The number of hydrogen-bond acceptors (Lipinski definition) is 5. The zero-order valence-corrected chi connectivity index (χ0v) is 17.1. The van der Waals surface area contributed by atoms with Gasteiger partial charge in [0.2, 0.25) is 5.91 Å². The molecule has 146 valence electrons. The third kappa shape index (κ3) is 4.04. The molecular weight excluding hydrogens is 370 g/mol. The Bertz CT molecular complexity index is 950. The van der Waals surface area contributed by atoms with Crippen molar-refractivity contribution in [2.75, 3.05) is 13.1 Å². The Morgan fingerprint density at radius 2 is 1.96 bits per heavy atom. The van der Waals surface area contributed by atoms with Gasteiger partial charge in [-0.15, -0.1) is 0 Å². The number of aryl methyl sites for hydroxylation is 1. The second-order valence-electron chi connectivity index (χ2n) is 7.40. The molecule has 0 N–H and O–H groups in total. The lowest BCUT2D eigenvalue weighted by Gasteiger charge is -2.33. The molecule has 1 saturated heterocycles. The quantitative estimate of drug-likeness (QED) is 0.490. The van der Waals surface area contributed by atoms with Crippen molar-refractivity contribution in [3.8, 4) is 0 Å². The van der Waals surface area contributed by atoms with Gasteiger partial charge in [-0.1, -0.05) is 42.1 Å². The number of thioether (sulfide) groups is 1. The summed E-state index contributed by atoms with van der Waals surface area (Å²) in [7, 11) is 1.86. The highest BCUT2D eigenvalue weighted by Crippen LogP contribution is 2.30. The van der Waals surface area contributed by atoms with E-state index in [1.165, 1.54) is 17.3 Å². The first-order valence-corrected chi connectivity index (χ1v) is 10.6. The third-order valence-corrected chi connectivity index (χ3v) is 6.53. The highest BCUT2D eigenvalue weighted by molar-refractivity contribution is 8.00. The molecule has 3 aromatic rings. The van der Waals surface area contributed by atoms with E-state index >= 15 is 0 Å². The van der Waals surface area contributed by atoms with Crippen LogP contribution in [0.5, 0.6) is 0 Å². The molecule has 4 rings (SSSR count). The Balaban J connectivity index is 1.34. The monoisotopic (exact) mass is 395 g/mol. The maximum atomic E-state index is 12.9. The van der Waals surface area contributed by atoms with E-state index in [1.807, 2.05) is 18.9 Å².